The molecule has 0 amide bonds. The summed E-state index contributed by atoms with van der Waals surface area (Å²) in [6.45, 7) is 8.74. The molecule has 1 rings (SSSR count). The van der Waals surface area contributed by atoms with E-state index in [4.69, 9.17) is 0 Å². The largest absolute Gasteiger partial charge is 0.392 e. The SMILES string of the molecule is Cc1cccc(N(CC(C)O)CC(C)O)c1C. The maximum absolute atomic E-state index is 9.53. The molecule has 2 unspecified atom stereocenters. The van der Waals surface area contributed by atoms with Crippen LogP contribution >= 0.6 is 0 Å². The highest BCUT2D eigenvalue weighted by molar-refractivity contribution is 5.56. The van der Waals surface area contributed by atoms with E-state index in [-0.39, 0.29) is 0 Å². The van der Waals surface area contributed by atoms with Crippen molar-refractivity contribution < 1.29 is 10.2 Å². The highest BCUT2D eigenvalue weighted by Crippen LogP contribution is 2.23. The molecule has 1 aromatic rings. The van der Waals surface area contributed by atoms with Crippen LogP contribution in [0.15, 0.2) is 18.2 Å². The van der Waals surface area contributed by atoms with Gasteiger partial charge in [-0.05, 0) is 44.9 Å². The fourth-order valence-corrected chi connectivity index (χ4v) is 1.99. The molecule has 3 heteroatoms. The molecule has 0 bridgehead atoms. The van der Waals surface area contributed by atoms with E-state index >= 15 is 0 Å². The average Bonchev–Trinajstić information content (AvgIpc) is 2.19. The zero-order valence-corrected chi connectivity index (χ0v) is 11.1. The van der Waals surface area contributed by atoms with Crippen LogP contribution in [0, 0.1) is 13.8 Å². The van der Waals surface area contributed by atoms with Gasteiger partial charge in [0.15, 0.2) is 0 Å². The summed E-state index contributed by atoms with van der Waals surface area (Å²) >= 11 is 0. The number of aryl methyl sites for hydroxylation is 1. The van der Waals surface area contributed by atoms with E-state index in [9.17, 15) is 10.2 Å². The van der Waals surface area contributed by atoms with Crippen LogP contribution in [0.2, 0.25) is 0 Å². The summed E-state index contributed by atoms with van der Waals surface area (Å²) in [5, 5.41) is 19.1. The van der Waals surface area contributed by atoms with Crippen LogP contribution < -0.4 is 4.90 Å². The monoisotopic (exact) mass is 237 g/mol. The Morgan fingerprint density at radius 1 is 1.06 bits per heavy atom. The van der Waals surface area contributed by atoms with Gasteiger partial charge in [-0.15, -0.1) is 0 Å². The molecule has 0 aromatic heterocycles. The molecule has 0 aliphatic rings. The molecular weight excluding hydrogens is 214 g/mol. The molecule has 0 aliphatic carbocycles. The van der Waals surface area contributed by atoms with E-state index in [1.54, 1.807) is 13.8 Å². The number of aliphatic hydroxyl groups is 2. The van der Waals surface area contributed by atoms with Crippen LogP contribution in [-0.2, 0) is 0 Å². The van der Waals surface area contributed by atoms with E-state index in [1.807, 2.05) is 17.0 Å². The van der Waals surface area contributed by atoms with Crippen LogP contribution in [-0.4, -0.2) is 35.5 Å². The van der Waals surface area contributed by atoms with E-state index < -0.39 is 12.2 Å². The van der Waals surface area contributed by atoms with Crippen molar-refractivity contribution in [2.45, 2.75) is 39.9 Å². The van der Waals surface area contributed by atoms with Crippen molar-refractivity contribution in [1.82, 2.24) is 0 Å². The quantitative estimate of drug-likeness (QED) is 0.821. The lowest BCUT2D eigenvalue weighted by atomic mass is 10.1. The molecule has 0 heterocycles. The molecule has 0 radical (unpaired) electrons. The first kappa shape index (κ1) is 14.0. The summed E-state index contributed by atoms with van der Waals surface area (Å²) in [4.78, 5) is 2.04. The van der Waals surface area contributed by atoms with Crippen LogP contribution in [0.1, 0.15) is 25.0 Å². The Balaban J connectivity index is 2.99. The molecule has 0 fully saturated rings. The number of hydrogen-bond donors (Lipinski definition) is 2. The predicted octanol–water partition coefficient (Wildman–Crippen LogP) is 1.87. The first-order valence-electron chi connectivity index (χ1n) is 6.09. The number of hydrogen-bond acceptors (Lipinski definition) is 3. The number of nitrogens with zero attached hydrogens (tertiary/aromatic N) is 1. The van der Waals surface area contributed by atoms with Gasteiger partial charge in [0.1, 0.15) is 0 Å². The van der Waals surface area contributed by atoms with E-state index in [0.29, 0.717) is 13.1 Å². The molecule has 1 aromatic carbocycles. The molecule has 3 nitrogen and oxygen atoms in total. The fraction of sp³-hybridized carbons (Fsp3) is 0.571. The van der Waals surface area contributed by atoms with Gasteiger partial charge in [0.05, 0.1) is 12.2 Å². The molecular formula is C14H23NO2. The first-order valence-corrected chi connectivity index (χ1v) is 6.09. The molecule has 96 valence electrons. The maximum atomic E-state index is 9.53. The number of benzene rings is 1. The first-order chi connectivity index (χ1) is 7.91. The van der Waals surface area contributed by atoms with Crippen molar-refractivity contribution in [3.8, 4) is 0 Å². The van der Waals surface area contributed by atoms with Gasteiger partial charge in [0, 0.05) is 18.8 Å². The zero-order valence-electron chi connectivity index (χ0n) is 11.1. The van der Waals surface area contributed by atoms with Gasteiger partial charge < -0.3 is 15.1 Å². The van der Waals surface area contributed by atoms with Gasteiger partial charge in [-0.25, -0.2) is 0 Å². The Labute approximate surface area is 104 Å². The Hall–Kier alpha value is -1.06. The van der Waals surface area contributed by atoms with E-state index in [2.05, 4.69) is 19.9 Å². The Morgan fingerprint density at radius 3 is 2.06 bits per heavy atom. The highest BCUT2D eigenvalue weighted by atomic mass is 16.3. The summed E-state index contributed by atoms with van der Waals surface area (Å²) in [6, 6.07) is 6.11. The van der Waals surface area contributed by atoms with Crippen molar-refractivity contribution in [1.29, 1.82) is 0 Å². The van der Waals surface area contributed by atoms with Crippen LogP contribution in [0.4, 0.5) is 5.69 Å². The summed E-state index contributed by atoms with van der Waals surface area (Å²) in [6.07, 6.45) is -0.817. The normalized spacial score (nSPS) is 14.5. The summed E-state index contributed by atoms with van der Waals surface area (Å²) in [5.41, 5.74) is 3.52. The fourth-order valence-electron chi connectivity index (χ4n) is 1.99. The van der Waals surface area contributed by atoms with Gasteiger partial charge in [-0.3, -0.25) is 0 Å². The topological polar surface area (TPSA) is 43.7 Å². The number of aliphatic hydroxyl groups excluding tert-OH is 2. The summed E-state index contributed by atoms with van der Waals surface area (Å²) < 4.78 is 0. The lowest BCUT2D eigenvalue weighted by molar-refractivity contribution is 0.178. The van der Waals surface area contributed by atoms with Gasteiger partial charge in [0.25, 0.3) is 0 Å². The highest BCUT2D eigenvalue weighted by Gasteiger charge is 2.14. The molecule has 0 saturated carbocycles. The Morgan fingerprint density at radius 2 is 1.59 bits per heavy atom. The molecule has 0 spiro atoms. The average molecular weight is 237 g/mol. The third kappa shape index (κ3) is 4.02. The second-order valence-corrected chi connectivity index (χ2v) is 4.82. The molecule has 2 N–H and O–H groups in total. The standard InChI is InChI=1S/C14H23NO2/c1-10-6-5-7-14(13(10)4)15(8-11(2)16)9-12(3)17/h5-7,11-12,16-17H,8-9H2,1-4H3. The third-order valence-corrected chi connectivity index (χ3v) is 2.89. The molecule has 17 heavy (non-hydrogen) atoms. The van der Waals surface area contributed by atoms with Crippen LogP contribution in [0.25, 0.3) is 0 Å². The Kier molecular flexibility index (Phi) is 4.97. The van der Waals surface area contributed by atoms with Crippen molar-refractivity contribution in [3.63, 3.8) is 0 Å². The van der Waals surface area contributed by atoms with E-state index in [1.165, 1.54) is 11.1 Å². The van der Waals surface area contributed by atoms with E-state index in [0.717, 1.165) is 5.69 Å². The molecule has 0 aliphatic heterocycles. The minimum Gasteiger partial charge on any atom is -0.392 e. The summed E-state index contributed by atoms with van der Waals surface area (Å²) in [7, 11) is 0. The molecule has 2 atom stereocenters. The Bertz CT molecular complexity index is 351. The zero-order chi connectivity index (χ0) is 13.0. The third-order valence-electron chi connectivity index (χ3n) is 2.89. The van der Waals surface area contributed by atoms with Crippen LogP contribution in [0.3, 0.4) is 0 Å². The van der Waals surface area contributed by atoms with Gasteiger partial charge >= 0.3 is 0 Å². The minimum atomic E-state index is -0.409. The van der Waals surface area contributed by atoms with Crippen molar-refractivity contribution >= 4 is 5.69 Å². The predicted molar refractivity (Wildman–Crippen MR) is 71.5 cm³/mol. The van der Waals surface area contributed by atoms with Crippen molar-refractivity contribution in [3.05, 3.63) is 29.3 Å². The maximum Gasteiger partial charge on any atom is 0.0687 e. The second kappa shape index (κ2) is 6.03. The number of rotatable bonds is 5. The summed E-state index contributed by atoms with van der Waals surface area (Å²) in [5.74, 6) is 0. The number of anilines is 1. The lowest BCUT2D eigenvalue weighted by Gasteiger charge is -2.29. The molecule has 0 saturated heterocycles. The van der Waals surface area contributed by atoms with Crippen LogP contribution in [0.5, 0.6) is 0 Å². The van der Waals surface area contributed by atoms with Crippen molar-refractivity contribution in [2.24, 2.45) is 0 Å². The van der Waals surface area contributed by atoms with Crippen molar-refractivity contribution in [2.75, 3.05) is 18.0 Å². The van der Waals surface area contributed by atoms with Gasteiger partial charge in [-0.2, -0.15) is 0 Å². The minimum absolute atomic E-state index is 0.409. The second-order valence-electron chi connectivity index (χ2n) is 4.82. The smallest absolute Gasteiger partial charge is 0.0687 e. The van der Waals surface area contributed by atoms with Gasteiger partial charge in [0.2, 0.25) is 0 Å². The van der Waals surface area contributed by atoms with Gasteiger partial charge in [-0.1, -0.05) is 12.1 Å². The lowest BCUT2D eigenvalue weighted by Crippen LogP contribution is -2.36.